The first kappa shape index (κ1) is 27.6. The molecule has 2 aliphatic carbocycles. The molecule has 1 aromatic carbocycles. The fourth-order valence-electron chi connectivity index (χ4n) is 6.71. The molecule has 2 aliphatic heterocycles. The van der Waals surface area contributed by atoms with Gasteiger partial charge in [-0.15, -0.1) is 0 Å². The van der Waals surface area contributed by atoms with Crippen LogP contribution < -0.4 is 4.74 Å². The maximum atomic E-state index is 12.8. The van der Waals surface area contributed by atoms with E-state index in [1.807, 2.05) is 19.2 Å². The Hall–Kier alpha value is -2.95. The Labute approximate surface area is 227 Å². The Bertz CT molecular complexity index is 1230. The topological polar surface area (TPSA) is 132 Å². The minimum atomic E-state index is -1.13. The number of piperidine rings is 1. The highest BCUT2D eigenvalue weighted by atomic mass is 16.6. The van der Waals surface area contributed by atoms with E-state index in [0.29, 0.717) is 29.9 Å². The summed E-state index contributed by atoms with van der Waals surface area (Å²) in [7, 11) is 2.01. The van der Waals surface area contributed by atoms with Crippen molar-refractivity contribution in [2.24, 2.45) is 0 Å². The Balaban J connectivity index is 1.31. The average Bonchev–Trinajstić information content (AvgIpc) is 3.21. The molecule has 1 saturated heterocycles. The van der Waals surface area contributed by atoms with E-state index in [1.165, 1.54) is 6.92 Å². The maximum absolute atomic E-state index is 12.8. The van der Waals surface area contributed by atoms with E-state index in [0.717, 1.165) is 17.7 Å². The maximum Gasteiger partial charge on any atom is 0.347 e. The van der Waals surface area contributed by atoms with Crippen molar-refractivity contribution in [3.05, 3.63) is 40.7 Å². The van der Waals surface area contributed by atoms with Gasteiger partial charge >= 0.3 is 17.9 Å². The van der Waals surface area contributed by atoms with Crippen molar-refractivity contribution in [2.45, 2.75) is 101 Å². The molecule has 2 heterocycles. The number of aliphatic hydroxyl groups excluding tert-OH is 1. The molecule has 2 bridgehead atoms. The van der Waals surface area contributed by atoms with Gasteiger partial charge in [0.25, 0.3) is 0 Å². The van der Waals surface area contributed by atoms with Gasteiger partial charge in [-0.05, 0) is 65.8 Å². The molecular weight excluding hydrogens is 506 g/mol. The van der Waals surface area contributed by atoms with Gasteiger partial charge in [-0.3, -0.25) is 9.59 Å². The molecule has 212 valence electrons. The number of benzene rings is 1. The van der Waals surface area contributed by atoms with Crippen LogP contribution in [-0.2, 0) is 47.0 Å². The zero-order chi connectivity index (χ0) is 28.3. The summed E-state index contributed by atoms with van der Waals surface area (Å²) in [5.41, 5.74) is -0.0514. The van der Waals surface area contributed by atoms with Gasteiger partial charge in [0.1, 0.15) is 17.1 Å². The third-order valence-corrected chi connectivity index (χ3v) is 8.44. The van der Waals surface area contributed by atoms with Gasteiger partial charge in [-0.1, -0.05) is 12.1 Å². The smallest absolute Gasteiger partial charge is 0.347 e. The second-order valence-electron chi connectivity index (χ2n) is 12.0. The predicted molar refractivity (Wildman–Crippen MR) is 138 cm³/mol. The van der Waals surface area contributed by atoms with Crippen LogP contribution in [0.3, 0.4) is 0 Å². The Morgan fingerprint density at radius 1 is 1.21 bits per heavy atom. The van der Waals surface area contributed by atoms with Gasteiger partial charge in [-0.25, -0.2) is 4.79 Å². The molecule has 0 amide bonds. The Kier molecular flexibility index (Phi) is 6.80. The highest BCUT2D eigenvalue weighted by Gasteiger charge is 2.71. The van der Waals surface area contributed by atoms with E-state index in [4.69, 9.17) is 18.9 Å². The van der Waals surface area contributed by atoms with E-state index < -0.39 is 46.7 Å². The summed E-state index contributed by atoms with van der Waals surface area (Å²) >= 11 is 0. The van der Waals surface area contributed by atoms with Crippen molar-refractivity contribution >= 4 is 17.9 Å². The summed E-state index contributed by atoms with van der Waals surface area (Å²) in [4.78, 5) is 39.4. The molecule has 2 N–H and O–H groups in total. The summed E-state index contributed by atoms with van der Waals surface area (Å²) in [6.45, 7) is 7.08. The number of nitrogens with zero attached hydrogens (tertiary/aromatic N) is 1. The second kappa shape index (κ2) is 9.60. The van der Waals surface area contributed by atoms with Crippen molar-refractivity contribution in [3.8, 4) is 5.75 Å². The Morgan fingerprint density at radius 3 is 2.62 bits per heavy atom. The summed E-state index contributed by atoms with van der Waals surface area (Å²) in [6, 6.07) is 3.71. The van der Waals surface area contributed by atoms with Gasteiger partial charge in [0, 0.05) is 23.6 Å². The Morgan fingerprint density at radius 2 is 1.92 bits per heavy atom. The normalized spacial score (nSPS) is 29.5. The number of carbonyl (C=O) groups excluding carboxylic acids is 3. The molecule has 10 nitrogen and oxygen atoms in total. The number of aliphatic hydroxyl groups is 2. The zero-order valence-corrected chi connectivity index (χ0v) is 23.1. The summed E-state index contributed by atoms with van der Waals surface area (Å²) in [5.74, 6) is -1.17. The largest absolute Gasteiger partial charge is 0.481 e. The van der Waals surface area contributed by atoms with Crippen LogP contribution in [0, 0.1) is 0 Å². The van der Waals surface area contributed by atoms with Gasteiger partial charge in [0.2, 0.25) is 0 Å². The van der Waals surface area contributed by atoms with Gasteiger partial charge in [0.15, 0.2) is 12.2 Å². The molecule has 5 rings (SSSR count). The van der Waals surface area contributed by atoms with Crippen LogP contribution in [0.2, 0.25) is 0 Å². The lowest BCUT2D eigenvalue weighted by Gasteiger charge is -2.61. The van der Waals surface area contributed by atoms with E-state index in [9.17, 15) is 24.6 Å². The predicted octanol–water partition coefficient (Wildman–Crippen LogP) is 2.05. The van der Waals surface area contributed by atoms with E-state index >= 15 is 0 Å². The van der Waals surface area contributed by atoms with E-state index in [1.54, 1.807) is 26.8 Å². The molecule has 1 fully saturated rings. The molecule has 1 aromatic rings. The van der Waals surface area contributed by atoms with Crippen molar-refractivity contribution in [3.63, 3.8) is 0 Å². The summed E-state index contributed by atoms with van der Waals surface area (Å²) < 4.78 is 22.5. The summed E-state index contributed by atoms with van der Waals surface area (Å²) in [6.07, 6.45) is 0.879. The molecule has 1 spiro atoms. The van der Waals surface area contributed by atoms with E-state index in [-0.39, 0.29) is 31.9 Å². The van der Waals surface area contributed by atoms with E-state index in [2.05, 4.69) is 4.90 Å². The second-order valence-corrected chi connectivity index (χ2v) is 12.0. The number of ether oxygens (including phenoxy) is 4. The molecule has 5 atom stereocenters. The fourth-order valence-corrected chi connectivity index (χ4v) is 6.71. The number of carbonyl (C=O) groups is 3. The van der Waals surface area contributed by atoms with Crippen molar-refractivity contribution in [1.29, 1.82) is 0 Å². The first-order valence-corrected chi connectivity index (χ1v) is 13.5. The molecular formula is C29H37NO9. The van der Waals surface area contributed by atoms with Crippen LogP contribution in [0.25, 0.3) is 0 Å². The molecule has 0 saturated carbocycles. The zero-order valence-electron chi connectivity index (χ0n) is 23.1. The molecule has 0 radical (unpaired) electrons. The minimum absolute atomic E-state index is 0.133. The molecule has 4 aliphatic rings. The van der Waals surface area contributed by atoms with Crippen LogP contribution >= 0.6 is 0 Å². The van der Waals surface area contributed by atoms with Crippen LogP contribution in [0.15, 0.2) is 24.0 Å². The molecule has 0 unspecified atom stereocenters. The lowest BCUT2D eigenvalue weighted by Crippen LogP contribution is -2.74. The number of hydrogen-bond donors (Lipinski definition) is 2. The van der Waals surface area contributed by atoms with Crippen molar-refractivity contribution in [1.82, 2.24) is 4.90 Å². The number of rotatable bonds is 7. The monoisotopic (exact) mass is 543 g/mol. The van der Waals surface area contributed by atoms with Gasteiger partial charge in [-0.2, -0.15) is 0 Å². The highest BCUT2D eigenvalue weighted by Crippen LogP contribution is 2.64. The number of hydrogen-bond acceptors (Lipinski definition) is 10. The fraction of sp³-hybridized carbons (Fsp3) is 0.621. The van der Waals surface area contributed by atoms with Crippen LogP contribution in [0.5, 0.6) is 5.75 Å². The van der Waals surface area contributed by atoms with Crippen molar-refractivity contribution in [2.75, 3.05) is 13.6 Å². The first-order valence-electron chi connectivity index (χ1n) is 13.5. The van der Waals surface area contributed by atoms with Gasteiger partial charge in [0.05, 0.1) is 30.5 Å². The standard InChI is InChI=1S/C29H37NO9/c1-16(26(34)39-27(2,3)4)36-21(32)8-9-22(33)37-19-10-11-29(35)20-14-17-6-7-18(15-31)24-23(17)28(29,25(19)38-24)12-13-30(20)5/h6-7,10,16,20,25,31,35H,8-9,11-15H2,1-5H3/t16-,20+,25-,28-,29+/m0/s1. The molecule has 10 heteroatoms. The first-order chi connectivity index (χ1) is 18.3. The van der Waals surface area contributed by atoms with Crippen LogP contribution in [0.4, 0.5) is 0 Å². The summed E-state index contributed by atoms with van der Waals surface area (Å²) in [5, 5.41) is 22.2. The number of likely N-dealkylation sites (N-methyl/N-ethyl adjacent to an activating group) is 1. The number of esters is 3. The minimum Gasteiger partial charge on any atom is -0.481 e. The number of likely N-dealkylation sites (tertiary alicyclic amines) is 1. The third-order valence-electron chi connectivity index (χ3n) is 8.44. The average molecular weight is 544 g/mol. The quantitative estimate of drug-likeness (QED) is 0.389. The highest BCUT2D eigenvalue weighted by molar-refractivity contribution is 5.82. The van der Waals surface area contributed by atoms with Crippen molar-refractivity contribution < 1.29 is 43.5 Å². The lowest BCUT2D eigenvalue weighted by atomic mass is 9.50. The van der Waals surface area contributed by atoms with Crippen LogP contribution in [0.1, 0.15) is 70.1 Å². The lowest BCUT2D eigenvalue weighted by molar-refractivity contribution is -0.175. The third kappa shape index (κ3) is 4.42. The van der Waals surface area contributed by atoms with Gasteiger partial charge < -0.3 is 34.1 Å². The molecule has 0 aromatic heterocycles. The molecule has 39 heavy (non-hydrogen) atoms. The van der Waals surface area contributed by atoms with Crippen LogP contribution in [-0.4, -0.2) is 76.1 Å². The SMILES string of the molecule is C[C@H](OC(=O)CCC(=O)OC1=CC[C@@]2(O)[C@H]3Cc4ccc(CO)c5c4[C@@]2(CCN3C)[C@H]1O5)C(=O)OC(C)(C)C.